The SMILES string of the molecule is COc1nc(OC)nc(N(CCCl)C2CCC2)n1. The highest BCUT2D eigenvalue weighted by Crippen LogP contribution is 2.28. The molecule has 1 aromatic rings. The number of methoxy groups -OCH3 is 2. The van der Waals surface area contributed by atoms with Gasteiger partial charge >= 0.3 is 12.0 Å². The van der Waals surface area contributed by atoms with Crippen molar-refractivity contribution in [3.63, 3.8) is 0 Å². The van der Waals surface area contributed by atoms with Gasteiger partial charge in [0.25, 0.3) is 0 Å². The standard InChI is InChI=1S/C11H17ClN4O2/c1-17-10-13-9(14-11(15-10)18-2)16(7-6-12)8-4-3-5-8/h8H,3-7H2,1-2H3. The molecule has 0 spiro atoms. The zero-order valence-electron chi connectivity index (χ0n) is 10.6. The van der Waals surface area contributed by atoms with Crippen LogP contribution in [0.2, 0.25) is 0 Å². The summed E-state index contributed by atoms with van der Waals surface area (Å²) in [6.45, 7) is 0.711. The molecule has 7 heteroatoms. The van der Waals surface area contributed by atoms with E-state index in [1.54, 1.807) is 0 Å². The highest BCUT2D eigenvalue weighted by atomic mass is 35.5. The lowest BCUT2D eigenvalue weighted by atomic mass is 9.92. The van der Waals surface area contributed by atoms with Crippen LogP contribution in [0.15, 0.2) is 0 Å². The third-order valence-electron chi connectivity index (χ3n) is 3.05. The minimum Gasteiger partial charge on any atom is -0.467 e. The summed E-state index contributed by atoms with van der Waals surface area (Å²) in [4.78, 5) is 14.6. The van der Waals surface area contributed by atoms with E-state index < -0.39 is 0 Å². The summed E-state index contributed by atoms with van der Waals surface area (Å²) in [5.74, 6) is 1.11. The lowest BCUT2D eigenvalue weighted by molar-refractivity contribution is 0.334. The van der Waals surface area contributed by atoms with E-state index in [4.69, 9.17) is 21.1 Å². The van der Waals surface area contributed by atoms with Gasteiger partial charge < -0.3 is 14.4 Å². The fraction of sp³-hybridized carbons (Fsp3) is 0.727. The number of rotatable bonds is 6. The lowest BCUT2D eigenvalue weighted by Gasteiger charge is -2.37. The minimum absolute atomic E-state index is 0.260. The molecular weight excluding hydrogens is 256 g/mol. The second kappa shape index (κ2) is 6.04. The van der Waals surface area contributed by atoms with Gasteiger partial charge in [0, 0.05) is 18.5 Å². The molecule has 1 aliphatic rings. The Morgan fingerprint density at radius 2 is 1.78 bits per heavy atom. The number of aromatic nitrogens is 3. The molecule has 0 unspecified atom stereocenters. The van der Waals surface area contributed by atoms with Crippen LogP contribution in [0.4, 0.5) is 5.95 Å². The summed E-state index contributed by atoms with van der Waals surface area (Å²) in [5, 5.41) is 0. The topological polar surface area (TPSA) is 60.4 Å². The van der Waals surface area contributed by atoms with Crippen LogP contribution in [0.3, 0.4) is 0 Å². The maximum atomic E-state index is 5.84. The van der Waals surface area contributed by atoms with Crippen molar-refractivity contribution in [2.24, 2.45) is 0 Å². The molecule has 0 saturated heterocycles. The first-order chi connectivity index (χ1) is 8.78. The Labute approximate surface area is 111 Å². The van der Waals surface area contributed by atoms with Crippen molar-refractivity contribution in [1.29, 1.82) is 0 Å². The first-order valence-electron chi connectivity index (χ1n) is 5.95. The number of nitrogens with zero attached hydrogens (tertiary/aromatic N) is 4. The first kappa shape index (κ1) is 13.1. The molecule has 0 bridgehead atoms. The molecule has 2 rings (SSSR count). The fourth-order valence-electron chi connectivity index (χ4n) is 1.87. The highest BCUT2D eigenvalue weighted by Gasteiger charge is 2.27. The Kier molecular flexibility index (Phi) is 4.41. The van der Waals surface area contributed by atoms with Gasteiger partial charge in [-0.05, 0) is 19.3 Å². The van der Waals surface area contributed by atoms with E-state index in [2.05, 4.69) is 19.9 Å². The van der Waals surface area contributed by atoms with E-state index in [1.807, 2.05) is 0 Å². The van der Waals surface area contributed by atoms with Crippen LogP contribution >= 0.6 is 11.6 Å². The summed E-state index contributed by atoms with van der Waals surface area (Å²) in [5.41, 5.74) is 0. The van der Waals surface area contributed by atoms with Crippen molar-refractivity contribution in [2.75, 3.05) is 31.5 Å². The molecule has 0 aliphatic heterocycles. The van der Waals surface area contributed by atoms with Crippen LogP contribution in [0.1, 0.15) is 19.3 Å². The van der Waals surface area contributed by atoms with E-state index in [0.717, 1.165) is 12.8 Å². The van der Waals surface area contributed by atoms with Gasteiger partial charge in [-0.25, -0.2) is 0 Å². The Bertz CT molecular complexity index is 378. The molecule has 1 aliphatic carbocycles. The van der Waals surface area contributed by atoms with Crippen molar-refractivity contribution in [3.05, 3.63) is 0 Å². The molecule has 100 valence electrons. The molecule has 1 saturated carbocycles. The fourth-order valence-corrected chi connectivity index (χ4v) is 2.06. The zero-order valence-corrected chi connectivity index (χ0v) is 11.4. The first-order valence-corrected chi connectivity index (χ1v) is 6.48. The zero-order chi connectivity index (χ0) is 13.0. The normalized spacial score (nSPS) is 15.1. The van der Waals surface area contributed by atoms with Crippen molar-refractivity contribution >= 4 is 17.5 Å². The Morgan fingerprint density at radius 3 is 2.17 bits per heavy atom. The predicted molar refractivity (Wildman–Crippen MR) is 68.6 cm³/mol. The molecule has 0 N–H and O–H groups in total. The van der Waals surface area contributed by atoms with Crippen molar-refractivity contribution in [1.82, 2.24) is 15.0 Å². The third kappa shape index (κ3) is 2.75. The summed E-state index contributed by atoms with van der Waals surface area (Å²) in [6, 6.07) is 0.979. The number of alkyl halides is 1. The minimum atomic E-state index is 0.260. The van der Waals surface area contributed by atoms with E-state index >= 15 is 0 Å². The number of ether oxygens (including phenoxy) is 2. The largest absolute Gasteiger partial charge is 0.467 e. The predicted octanol–water partition coefficient (Wildman–Crippen LogP) is 1.49. The average Bonchev–Trinajstić information content (AvgIpc) is 2.35. The van der Waals surface area contributed by atoms with Gasteiger partial charge in [0.1, 0.15) is 0 Å². The smallest absolute Gasteiger partial charge is 0.324 e. The second-order valence-corrected chi connectivity index (χ2v) is 4.45. The summed E-state index contributed by atoms with van der Waals surface area (Å²) >= 11 is 5.84. The van der Waals surface area contributed by atoms with E-state index in [1.165, 1.54) is 20.6 Å². The molecule has 0 radical (unpaired) electrons. The molecule has 1 fully saturated rings. The van der Waals surface area contributed by atoms with Crippen LogP contribution in [-0.2, 0) is 0 Å². The molecular formula is C11H17ClN4O2. The van der Waals surface area contributed by atoms with Crippen LogP contribution in [0.25, 0.3) is 0 Å². The van der Waals surface area contributed by atoms with Crippen LogP contribution in [-0.4, -0.2) is 47.6 Å². The molecule has 1 aromatic heterocycles. The number of hydrogen-bond donors (Lipinski definition) is 0. The van der Waals surface area contributed by atoms with Crippen molar-refractivity contribution < 1.29 is 9.47 Å². The van der Waals surface area contributed by atoms with E-state index in [0.29, 0.717) is 24.4 Å². The Balaban J connectivity index is 2.26. The van der Waals surface area contributed by atoms with Crippen molar-refractivity contribution in [2.45, 2.75) is 25.3 Å². The average molecular weight is 273 g/mol. The molecule has 1 heterocycles. The monoisotopic (exact) mass is 272 g/mol. The van der Waals surface area contributed by atoms with Crippen LogP contribution in [0.5, 0.6) is 12.0 Å². The Morgan fingerprint density at radius 1 is 1.17 bits per heavy atom. The van der Waals surface area contributed by atoms with Gasteiger partial charge in [-0.2, -0.15) is 9.97 Å². The second-order valence-electron chi connectivity index (χ2n) is 4.08. The quantitative estimate of drug-likeness (QED) is 0.731. The Hall–Kier alpha value is -1.30. The summed E-state index contributed by atoms with van der Waals surface area (Å²) < 4.78 is 10.1. The van der Waals surface area contributed by atoms with Gasteiger partial charge in [0.15, 0.2) is 0 Å². The van der Waals surface area contributed by atoms with Gasteiger partial charge in [-0.1, -0.05) is 0 Å². The molecule has 0 amide bonds. The van der Waals surface area contributed by atoms with Crippen molar-refractivity contribution in [3.8, 4) is 12.0 Å². The van der Waals surface area contributed by atoms with Gasteiger partial charge in [-0.15, -0.1) is 16.6 Å². The molecule has 0 aromatic carbocycles. The maximum Gasteiger partial charge on any atom is 0.324 e. The van der Waals surface area contributed by atoms with Gasteiger partial charge in [0.05, 0.1) is 14.2 Å². The van der Waals surface area contributed by atoms with Crippen LogP contribution in [0, 0.1) is 0 Å². The van der Waals surface area contributed by atoms with Gasteiger partial charge in [-0.3, -0.25) is 0 Å². The third-order valence-corrected chi connectivity index (χ3v) is 3.21. The molecule has 6 nitrogen and oxygen atoms in total. The van der Waals surface area contributed by atoms with E-state index in [9.17, 15) is 0 Å². The number of hydrogen-bond acceptors (Lipinski definition) is 6. The number of halogens is 1. The van der Waals surface area contributed by atoms with E-state index in [-0.39, 0.29) is 12.0 Å². The lowest BCUT2D eigenvalue weighted by Crippen LogP contribution is -2.42. The molecule has 0 atom stereocenters. The maximum absolute atomic E-state index is 5.84. The molecule has 18 heavy (non-hydrogen) atoms. The van der Waals surface area contributed by atoms with Crippen LogP contribution < -0.4 is 14.4 Å². The number of anilines is 1. The summed E-state index contributed by atoms with van der Waals surface area (Å²) in [6.07, 6.45) is 3.53. The highest BCUT2D eigenvalue weighted by molar-refractivity contribution is 6.18. The summed E-state index contributed by atoms with van der Waals surface area (Å²) in [7, 11) is 3.04. The van der Waals surface area contributed by atoms with Gasteiger partial charge in [0.2, 0.25) is 5.95 Å².